The summed E-state index contributed by atoms with van der Waals surface area (Å²) in [4.78, 5) is 8.73. The van der Waals surface area contributed by atoms with Crippen molar-refractivity contribution in [1.82, 2.24) is 19.7 Å². The molecule has 0 bridgehead atoms. The van der Waals surface area contributed by atoms with Crippen LogP contribution in [0.4, 0.5) is 11.4 Å². The lowest BCUT2D eigenvalue weighted by molar-refractivity contribution is 0.862. The maximum absolute atomic E-state index is 8.94. The number of fused-ring (bicyclic) bond motifs is 1. The second-order valence-electron chi connectivity index (χ2n) is 5.19. The van der Waals surface area contributed by atoms with Gasteiger partial charge >= 0.3 is 0 Å². The largest absolute Gasteiger partial charge is 0.396 e. The Balaban J connectivity index is 2.05. The third-order valence-corrected chi connectivity index (χ3v) is 3.38. The Bertz CT molecular complexity index is 1000. The van der Waals surface area contributed by atoms with E-state index in [2.05, 4.69) is 38.3 Å². The van der Waals surface area contributed by atoms with Gasteiger partial charge < -0.3 is 11.1 Å². The number of hydrogen-bond donors (Lipinski definition) is 2. The lowest BCUT2D eigenvalue weighted by Gasteiger charge is -2.12. The van der Waals surface area contributed by atoms with Crippen LogP contribution in [0.5, 0.6) is 0 Å². The van der Waals surface area contributed by atoms with Crippen molar-refractivity contribution >= 4 is 22.4 Å². The molecule has 0 saturated carbocycles. The minimum Gasteiger partial charge on any atom is -0.396 e. The quantitative estimate of drug-likeness (QED) is 0.717. The van der Waals surface area contributed by atoms with Gasteiger partial charge in [-0.2, -0.15) is 15.0 Å². The van der Waals surface area contributed by atoms with Crippen molar-refractivity contribution in [2.24, 2.45) is 0 Å². The zero-order chi connectivity index (χ0) is 17.1. The summed E-state index contributed by atoms with van der Waals surface area (Å²) < 4.78 is 1.63. The minimum absolute atomic E-state index is 0.370. The van der Waals surface area contributed by atoms with Crippen LogP contribution in [0.25, 0.3) is 16.9 Å². The summed E-state index contributed by atoms with van der Waals surface area (Å²) >= 11 is 0. The first-order valence-electron chi connectivity index (χ1n) is 7.31. The summed E-state index contributed by atoms with van der Waals surface area (Å²) in [6.07, 6.45) is 4.95. The van der Waals surface area contributed by atoms with Gasteiger partial charge in [-0.3, -0.25) is 0 Å². The molecule has 7 heteroatoms. The van der Waals surface area contributed by atoms with Gasteiger partial charge in [-0.1, -0.05) is 5.92 Å². The lowest BCUT2D eigenvalue weighted by Crippen LogP contribution is -2.14. The maximum Gasteiger partial charge on any atom is 0.164 e. The normalized spacial score (nSPS) is 11.4. The molecule has 0 aromatic carbocycles. The highest BCUT2D eigenvalue weighted by Gasteiger charge is 2.11. The highest BCUT2D eigenvalue weighted by Crippen LogP contribution is 2.23. The molecular formula is C17H15N7. The SMILES string of the molecule is CC#Cc1cnc2c(cnn2-c2cc(N[C@H](C)C#N)c(N)cn2)c1. The van der Waals surface area contributed by atoms with Crippen LogP contribution in [0.2, 0.25) is 0 Å². The average molecular weight is 317 g/mol. The van der Waals surface area contributed by atoms with Crippen molar-refractivity contribution in [2.75, 3.05) is 11.1 Å². The third-order valence-electron chi connectivity index (χ3n) is 3.38. The monoisotopic (exact) mass is 317 g/mol. The molecule has 0 fully saturated rings. The highest BCUT2D eigenvalue weighted by molar-refractivity contribution is 5.78. The zero-order valence-corrected chi connectivity index (χ0v) is 13.3. The lowest BCUT2D eigenvalue weighted by atomic mass is 10.2. The molecule has 3 N–H and O–H groups in total. The van der Waals surface area contributed by atoms with Crippen LogP contribution in [-0.2, 0) is 0 Å². The molecule has 24 heavy (non-hydrogen) atoms. The Morgan fingerprint density at radius 3 is 2.83 bits per heavy atom. The number of aromatic nitrogens is 4. The molecule has 3 heterocycles. The maximum atomic E-state index is 8.94. The number of nitriles is 1. The first-order valence-corrected chi connectivity index (χ1v) is 7.31. The van der Waals surface area contributed by atoms with E-state index in [1.807, 2.05) is 6.07 Å². The van der Waals surface area contributed by atoms with Gasteiger partial charge in [-0.15, -0.1) is 5.92 Å². The summed E-state index contributed by atoms with van der Waals surface area (Å²) in [6.45, 7) is 3.53. The van der Waals surface area contributed by atoms with Gasteiger partial charge in [0.15, 0.2) is 11.5 Å². The van der Waals surface area contributed by atoms with Crippen LogP contribution in [0.3, 0.4) is 0 Å². The van der Waals surface area contributed by atoms with Crippen molar-refractivity contribution in [3.63, 3.8) is 0 Å². The van der Waals surface area contributed by atoms with Crippen LogP contribution >= 0.6 is 0 Å². The van der Waals surface area contributed by atoms with Gasteiger partial charge in [0.25, 0.3) is 0 Å². The zero-order valence-electron chi connectivity index (χ0n) is 13.3. The van der Waals surface area contributed by atoms with Crippen molar-refractivity contribution in [2.45, 2.75) is 19.9 Å². The van der Waals surface area contributed by atoms with Crippen LogP contribution in [0.15, 0.2) is 30.7 Å². The van der Waals surface area contributed by atoms with Crippen LogP contribution in [0, 0.1) is 23.2 Å². The van der Waals surface area contributed by atoms with E-state index < -0.39 is 0 Å². The molecule has 3 aromatic rings. The molecule has 7 nitrogen and oxygen atoms in total. The number of nitrogen functional groups attached to an aromatic ring is 1. The number of pyridine rings is 2. The fourth-order valence-corrected chi connectivity index (χ4v) is 2.26. The summed E-state index contributed by atoms with van der Waals surface area (Å²) in [5.74, 6) is 6.38. The molecule has 0 saturated heterocycles. The van der Waals surface area contributed by atoms with Gasteiger partial charge in [0.05, 0.1) is 29.8 Å². The molecule has 0 amide bonds. The number of nitrogens with one attached hydrogen (secondary N) is 1. The van der Waals surface area contributed by atoms with E-state index in [1.165, 1.54) is 6.20 Å². The van der Waals surface area contributed by atoms with Crippen molar-refractivity contribution in [3.05, 3.63) is 36.3 Å². The van der Waals surface area contributed by atoms with E-state index in [0.717, 1.165) is 10.9 Å². The predicted octanol–water partition coefficient (Wildman–Crippen LogP) is 2.09. The Labute approximate surface area is 139 Å². The van der Waals surface area contributed by atoms with Crippen LogP contribution in [0.1, 0.15) is 19.4 Å². The van der Waals surface area contributed by atoms with Crippen molar-refractivity contribution in [3.8, 4) is 23.7 Å². The Morgan fingerprint density at radius 2 is 2.08 bits per heavy atom. The second kappa shape index (κ2) is 6.27. The van der Waals surface area contributed by atoms with E-state index in [1.54, 1.807) is 37.0 Å². The van der Waals surface area contributed by atoms with Crippen LogP contribution < -0.4 is 11.1 Å². The first-order chi connectivity index (χ1) is 11.6. The van der Waals surface area contributed by atoms with Gasteiger partial charge in [0.2, 0.25) is 0 Å². The molecule has 0 aliphatic carbocycles. The standard InChI is InChI=1S/C17H15N7/c1-3-4-12-5-13-9-22-24(17(13)21-8-12)16-6-15(14(19)10-20-16)23-11(2)7-18/h5-6,8-11H,19H2,1-2H3,(H,20,23)/t11-/m1/s1. The van der Waals surface area contributed by atoms with E-state index in [4.69, 9.17) is 11.0 Å². The number of nitrogens with two attached hydrogens (primary N) is 1. The number of nitrogens with zero attached hydrogens (tertiary/aromatic N) is 5. The van der Waals surface area contributed by atoms with Gasteiger partial charge in [-0.05, 0) is 19.9 Å². The van der Waals surface area contributed by atoms with Gasteiger partial charge in [-0.25, -0.2) is 9.97 Å². The molecule has 0 radical (unpaired) electrons. The van der Waals surface area contributed by atoms with Crippen molar-refractivity contribution in [1.29, 1.82) is 5.26 Å². The highest BCUT2D eigenvalue weighted by atomic mass is 15.3. The van der Waals surface area contributed by atoms with Gasteiger partial charge in [0.1, 0.15) is 6.04 Å². The smallest absolute Gasteiger partial charge is 0.164 e. The molecule has 3 aromatic heterocycles. The molecule has 0 unspecified atom stereocenters. The number of anilines is 2. The Kier molecular flexibility index (Phi) is 4.00. The second-order valence-corrected chi connectivity index (χ2v) is 5.19. The molecule has 118 valence electrons. The Hall–Kier alpha value is -3.58. The van der Waals surface area contributed by atoms with Gasteiger partial charge in [0, 0.05) is 23.2 Å². The van der Waals surface area contributed by atoms with E-state index in [9.17, 15) is 0 Å². The fraction of sp³-hybridized carbons (Fsp3) is 0.176. The fourth-order valence-electron chi connectivity index (χ4n) is 2.26. The minimum atomic E-state index is -0.370. The summed E-state index contributed by atoms with van der Waals surface area (Å²) in [7, 11) is 0. The molecule has 3 rings (SSSR count). The third kappa shape index (κ3) is 2.83. The first kappa shape index (κ1) is 15.3. The number of hydrogen-bond acceptors (Lipinski definition) is 6. The summed E-state index contributed by atoms with van der Waals surface area (Å²) in [5.41, 5.74) is 8.52. The molecule has 1 atom stereocenters. The Morgan fingerprint density at radius 1 is 1.25 bits per heavy atom. The van der Waals surface area contributed by atoms with E-state index in [0.29, 0.717) is 22.8 Å². The number of rotatable bonds is 3. The summed E-state index contributed by atoms with van der Waals surface area (Å²) in [6, 6.07) is 5.41. The molecule has 0 spiro atoms. The van der Waals surface area contributed by atoms with Crippen molar-refractivity contribution < 1.29 is 0 Å². The van der Waals surface area contributed by atoms with Crippen LogP contribution in [-0.4, -0.2) is 25.8 Å². The summed E-state index contributed by atoms with van der Waals surface area (Å²) in [5, 5.41) is 17.2. The topological polar surface area (TPSA) is 105 Å². The molecule has 0 aliphatic rings. The average Bonchev–Trinajstić information content (AvgIpc) is 3.00. The van der Waals surface area contributed by atoms with E-state index >= 15 is 0 Å². The molecular weight excluding hydrogens is 302 g/mol. The predicted molar refractivity (Wildman–Crippen MR) is 92.3 cm³/mol. The van der Waals surface area contributed by atoms with E-state index in [-0.39, 0.29) is 6.04 Å². The molecule has 0 aliphatic heterocycles.